The number of nitrogens with one attached hydrogen (secondary N) is 1. The molecule has 0 radical (unpaired) electrons. The van der Waals surface area contributed by atoms with Crippen LogP contribution in [0.4, 0.5) is 0 Å². The standard InChI is InChI=1S/C20H27N3O2/c1-2-18-17(13-22-23(18)14-16-9-5-3-6-10-16)19(24)21-15-20(25)11-7-4-8-12-20/h3,5-6,9-10,13,25H,2,4,7-8,11-12,14-15H2,1H3,(H,21,24). The number of benzene rings is 1. The molecule has 0 bridgehead atoms. The molecule has 5 nitrogen and oxygen atoms in total. The summed E-state index contributed by atoms with van der Waals surface area (Å²) in [6.07, 6.45) is 7.13. The first-order chi connectivity index (χ1) is 12.1. The molecule has 2 aromatic rings. The van der Waals surface area contributed by atoms with Gasteiger partial charge in [-0.1, -0.05) is 56.5 Å². The molecule has 1 aromatic carbocycles. The monoisotopic (exact) mass is 341 g/mol. The van der Waals surface area contributed by atoms with Crippen molar-refractivity contribution in [1.29, 1.82) is 0 Å². The van der Waals surface area contributed by atoms with Crippen molar-refractivity contribution in [1.82, 2.24) is 15.1 Å². The molecule has 134 valence electrons. The number of carbonyl (C=O) groups is 1. The average molecular weight is 341 g/mol. The fraction of sp³-hybridized carbons (Fsp3) is 0.500. The van der Waals surface area contributed by atoms with Gasteiger partial charge >= 0.3 is 0 Å². The normalized spacial score (nSPS) is 16.6. The molecule has 0 saturated heterocycles. The number of hydrogen-bond donors (Lipinski definition) is 2. The van der Waals surface area contributed by atoms with Gasteiger partial charge in [0.05, 0.1) is 29.6 Å². The molecule has 1 fully saturated rings. The molecule has 1 heterocycles. The maximum absolute atomic E-state index is 12.6. The van der Waals surface area contributed by atoms with Crippen molar-refractivity contribution < 1.29 is 9.90 Å². The molecule has 1 saturated carbocycles. The molecular formula is C20H27N3O2. The molecule has 1 aliphatic rings. The summed E-state index contributed by atoms with van der Waals surface area (Å²) in [7, 11) is 0. The second-order valence-electron chi connectivity index (χ2n) is 6.97. The molecule has 5 heteroatoms. The molecule has 0 aliphatic heterocycles. The molecule has 25 heavy (non-hydrogen) atoms. The Labute approximate surface area is 149 Å². The molecule has 1 aromatic heterocycles. The lowest BCUT2D eigenvalue weighted by atomic mass is 9.85. The molecule has 2 N–H and O–H groups in total. The Morgan fingerprint density at radius 1 is 1.24 bits per heavy atom. The largest absolute Gasteiger partial charge is 0.388 e. The van der Waals surface area contributed by atoms with Gasteiger partial charge < -0.3 is 10.4 Å². The zero-order valence-electron chi connectivity index (χ0n) is 14.9. The van der Waals surface area contributed by atoms with Crippen LogP contribution in [0.1, 0.15) is 60.6 Å². The minimum absolute atomic E-state index is 0.143. The van der Waals surface area contributed by atoms with Gasteiger partial charge in [0, 0.05) is 6.54 Å². The summed E-state index contributed by atoms with van der Waals surface area (Å²) >= 11 is 0. The van der Waals surface area contributed by atoms with Crippen LogP contribution in [0.2, 0.25) is 0 Å². The van der Waals surface area contributed by atoms with Gasteiger partial charge in [-0.25, -0.2) is 0 Å². The van der Waals surface area contributed by atoms with Crippen molar-refractivity contribution in [3.63, 3.8) is 0 Å². The van der Waals surface area contributed by atoms with Crippen LogP contribution in [0.25, 0.3) is 0 Å². The quantitative estimate of drug-likeness (QED) is 0.849. The summed E-state index contributed by atoms with van der Waals surface area (Å²) in [5, 5.41) is 17.9. The Balaban J connectivity index is 1.68. The van der Waals surface area contributed by atoms with Crippen molar-refractivity contribution in [2.24, 2.45) is 0 Å². The molecule has 0 unspecified atom stereocenters. The van der Waals surface area contributed by atoms with E-state index in [2.05, 4.69) is 22.5 Å². The molecule has 3 rings (SSSR count). The van der Waals surface area contributed by atoms with E-state index in [-0.39, 0.29) is 5.91 Å². The number of rotatable bonds is 6. The highest BCUT2D eigenvalue weighted by Gasteiger charge is 2.30. The SMILES string of the molecule is CCc1c(C(=O)NCC2(O)CCCCC2)cnn1Cc1ccccc1. The van der Waals surface area contributed by atoms with Crippen molar-refractivity contribution >= 4 is 5.91 Å². The first-order valence-corrected chi connectivity index (χ1v) is 9.20. The van der Waals surface area contributed by atoms with Crippen LogP contribution < -0.4 is 5.32 Å². The predicted molar refractivity (Wildman–Crippen MR) is 97.5 cm³/mol. The van der Waals surface area contributed by atoms with Gasteiger partial charge in [-0.15, -0.1) is 0 Å². The first kappa shape index (κ1) is 17.7. The van der Waals surface area contributed by atoms with Crippen molar-refractivity contribution in [3.8, 4) is 0 Å². The number of hydrogen-bond acceptors (Lipinski definition) is 3. The third-order valence-electron chi connectivity index (χ3n) is 5.07. The van der Waals surface area contributed by atoms with Crippen molar-refractivity contribution in [3.05, 3.63) is 53.3 Å². The fourth-order valence-corrected chi connectivity index (χ4v) is 3.59. The summed E-state index contributed by atoms with van der Waals surface area (Å²) in [6, 6.07) is 10.1. The Morgan fingerprint density at radius 3 is 2.64 bits per heavy atom. The Hall–Kier alpha value is -2.14. The molecule has 1 aliphatic carbocycles. The second kappa shape index (κ2) is 7.83. The highest BCUT2D eigenvalue weighted by molar-refractivity contribution is 5.95. The number of aliphatic hydroxyl groups is 1. The zero-order chi connectivity index (χ0) is 17.7. The molecular weight excluding hydrogens is 314 g/mol. The van der Waals surface area contributed by atoms with Gasteiger partial charge in [0.2, 0.25) is 0 Å². The summed E-state index contributed by atoms with van der Waals surface area (Å²) < 4.78 is 1.89. The van der Waals surface area contributed by atoms with Crippen LogP contribution in [0.15, 0.2) is 36.5 Å². The van der Waals surface area contributed by atoms with Crippen molar-refractivity contribution in [2.75, 3.05) is 6.54 Å². The van der Waals surface area contributed by atoms with E-state index < -0.39 is 5.60 Å². The van der Waals surface area contributed by atoms with E-state index in [0.717, 1.165) is 43.4 Å². The number of carbonyl (C=O) groups excluding carboxylic acids is 1. The van der Waals surface area contributed by atoms with E-state index in [1.807, 2.05) is 29.8 Å². The van der Waals surface area contributed by atoms with Crippen LogP contribution >= 0.6 is 0 Å². The lowest BCUT2D eigenvalue weighted by Gasteiger charge is -2.32. The smallest absolute Gasteiger partial charge is 0.254 e. The van der Waals surface area contributed by atoms with Gasteiger partial charge in [0.25, 0.3) is 5.91 Å². The van der Waals surface area contributed by atoms with Crippen LogP contribution in [-0.2, 0) is 13.0 Å². The molecule has 1 amide bonds. The predicted octanol–water partition coefficient (Wildman–Crippen LogP) is 2.92. The van der Waals surface area contributed by atoms with E-state index in [4.69, 9.17) is 0 Å². The van der Waals surface area contributed by atoms with E-state index >= 15 is 0 Å². The highest BCUT2D eigenvalue weighted by Crippen LogP contribution is 2.27. The lowest BCUT2D eigenvalue weighted by molar-refractivity contribution is 0.00524. The van der Waals surface area contributed by atoms with E-state index in [1.165, 1.54) is 6.42 Å². The van der Waals surface area contributed by atoms with Crippen molar-refractivity contribution in [2.45, 2.75) is 57.6 Å². The number of nitrogens with zero attached hydrogens (tertiary/aromatic N) is 2. The van der Waals surface area contributed by atoms with Gasteiger partial charge in [0.15, 0.2) is 0 Å². The van der Waals surface area contributed by atoms with Gasteiger partial charge in [-0.05, 0) is 24.8 Å². The summed E-state index contributed by atoms with van der Waals surface area (Å²) in [5.74, 6) is -0.143. The lowest BCUT2D eigenvalue weighted by Crippen LogP contribution is -2.44. The van der Waals surface area contributed by atoms with Gasteiger partial charge in [-0.2, -0.15) is 5.10 Å². The van der Waals surface area contributed by atoms with Crippen LogP contribution in [0.5, 0.6) is 0 Å². The second-order valence-corrected chi connectivity index (χ2v) is 6.97. The molecule has 0 atom stereocenters. The van der Waals surface area contributed by atoms with Gasteiger partial charge in [0.1, 0.15) is 0 Å². The Bertz CT molecular complexity index is 703. The fourth-order valence-electron chi connectivity index (χ4n) is 3.59. The van der Waals surface area contributed by atoms with E-state index in [9.17, 15) is 9.90 Å². The maximum Gasteiger partial charge on any atom is 0.254 e. The van der Waals surface area contributed by atoms with E-state index in [1.54, 1.807) is 6.20 Å². The maximum atomic E-state index is 12.6. The third kappa shape index (κ3) is 4.28. The minimum atomic E-state index is -0.750. The van der Waals surface area contributed by atoms with E-state index in [0.29, 0.717) is 18.7 Å². The van der Waals surface area contributed by atoms with Crippen LogP contribution in [0, 0.1) is 0 Å². The first-order valence-electron chi connectivity index (χ1n) is 9.20. The summed E-state index contributed by atoms with van der Waals surface area (Å²) in [4.78, 5) is 12.6. The zero-order valence-corrected chi connectivity index (χ0v) is 14.9. The Kier molecular flexibility index (Phi) is 5.53. The van der Waals surface area contributed by atoms with Gasteiger partial charge in [-0.3, -0.25) is 9.48 Å². The summed E-state index contributed by atoms with van der Waals surface area (Å²) in [6.45, 7) is 3.00. The van der Waals surface area contributed by atoms with Crippen LogP contribution in [-0.4, -0.2) is 32.9 Å². The molecule has 0 spiro atoms. The topological polar surface area (TPSA) is 67.2 Å². The average Bonchev–Trinajstić information content (AvgIpc) is 3.04. The summed E-state index contributed by atoms with van der Waals surface area (Å²) in [5.41, 5.74) is 1.94. The number of aromatic nitrogens is 2. The Morgan fingerprint density at radius 2 is 1.96 bits per heavy atom. The van der Waals surface area contributed by atoms with Crippen LogP contribution in [0.3, 0.4) is 0 Å². The highest BCUT2D eigenvalue weighted by atomic mass is 16.3. The number of amides is 1. The third-order valence-corrected chi connectivity index (χ3v) is 5.07. The minimum Gasteiger partial charge on any atom is -0.388 e.